The molecular formula is C10H15N3O2. The minimum Gasteiger partial charge on any atom is -0.385 e. The van der Waals surface area contributed by atoms with Crippen LogP contribution in [0.4, 0.5) is 5.69 Å². The third-order valence-corrected chi connectivity index (χ3v) is 1.87. The molecule has 0 bridgehead atoms. The highest BCUT2D eigenvalue weighted by Gasteiger charge is 2.01. The van der Waals surface area contributed by atoms with Gasteiger partial charge < -0.3 is 15.8 Å². The first-order valence-corrected chi connectivity index (χ1v) is 4.72. The Hall–Kier alpha value is -1.62. The van der Waals surface area contributed by atoms with Gasteiger partial charge in [-0.25, -0.2) is 0 Å². The van der Waals surface area contributed by atoms with Crippen molar-refractivity contribution in [1.82, 2.24) is 4.98 Å². The van der Waals surface area contributed by atoms with Crippen LogP contribution in [0.15, 0.2) is 18.3 Å². The van der Waals surface area contributed by atoms with Gasteiger partial charge in [0.15, 0.2) is 0 Å². The Labute approximate surface area is 88.6 Å². The van der Waals surface area contributed by atoms with Crippen molar-refractivity contribution in [3.63, 3.8) is 0 Å². The van der Waals surface area contributed by atoms with Gasteiger partial charge in [0.1, 0.15) is 5.69 Å². The van der Waals surface area contributed by atoms with E-state index in [9.17, 15) is 4.79 Å². The number of nitrogens with two attached hydrogens (primary N) is 1. The number of carbonyl (C=O) groups excluding carboxylic acids is 1. The van der Waals surface area contributed by atoms with E-state index in [0.717, 1.165) is 18.7 Å². The number of anilines is 1. The monoisotopic (exact) mass is 209 g/mol. The number of nitrogens with zero attached hydrogens (tertiary/aromatic N) is 1. The Kier molecular flexibility index (Phi) is 4.56. The van der Waals surface area contributed by atoms with Gasteiger partial charge in [0.25, 0.3) is 5.91 Å². The maximum absolute atomic E-state index is 10.8. The molecule has 0 saturated heterocycles. The van der Waals surface area contributed by atoms with E-state index in [1.54, 1.807) is 25.4 Å². The normalized spacial score (nSPS) is 9.93. The van der Waals surface area contributed by atoms with Crippen molar-refractivity contribution in [3.05, 3.63) is 24.0 Å². The van der Waals surface area contributed by atoms with Gasteiger partial charge in [0, 0.05) is 32.1 Å². The van der Waals surface area contributed by atoms with Crippen LogP contribution >= 0.6 is 0 Å². The van der Waals surface area contributed by atoms with Gasteiger partial charge in [-0.3, -0.25) is 9.78 Å². The molecule has 0 aliphatic carbocycles. The van der Waals surface area contributed by atoms with Gasteiger partial charge in [-0.15, -0.1) is 0 Å². The predicted octanol–water partition coefficient (Wildman–Crippen LogP) is 0.629. The van der Waals surface area contributed by atoms with Crippen LogP contribution < -0.4 is 11.1 Å². The van der Waals surface area contributed by atoms with Crippen LogP contribution in [0, 0.1) is 0 Å². The Balaban J connectivity index is 2.47. The molecule has 3 N–H and O–H groups in total. The molecule has 0 saturated carbocycles. The van der Waals surface area contributed by atoms with E-state index in [0.29, 0.717) is 6.61 Å². The summed E-state index contributed by atoms with van der Waals surface area (Å²) >= 11 is 0. The molecule has 0 atom stereocenters. The van der Waals surface area contributed by atoms with E-state index >= 15 is 0 Å². The lowest BCUT2D eigenvalue weighted by Crippen LogP contribution is -2.13. The number of amides is 1. The maximum atomic E-state index is 10.8. The van der Waals surface area contributed by atoms with Crippen LogP contribution in [0.2, 0.25) is 0 Å². The molecule has 5 heteroatoms. The topological polar surface area (TPSA) is 77.2 Å². The first-order valence-electron chi connectivity index (χ1n) is 4.72. The fourth-order valence-corrected chi connectivity index (χ4v) is 1.12. The number of carbonyl (C=O) groups is 1. The van der Waals surface area contributed by atoms with Gasteiger partial charge >= 0.3 is 0 Å². The summed E-state index contributed by atoms with van der Waals surface area (Å²) in [4.78, 5) is 14.7. The van der Waals surface area contributed by atoms with E-state index in [1.165, 1.54) is 0 Å². The Morgan fingerprint density at radius 2 is 2.47 bits per heavy atom. The van der Waals surface area contributed by atoms with Crippen LogP contribution in [0.25, 0.3) is 0 Å². The summed E-state index contributed by atoms with van der Waals surface area (Å²) in [6, 6.07) is 3.42. The molecule has 1 rings (SSSR count). The average Bonchev–Trinajstić information content (AvgIpc) is 2.25. The summed E-state index contributed by atoms with van der Waals surface area (Å²) < 4.78 is 4.92. The van der Waals surface area contributed by atoms with E-state index in [4.69, 9.17) is 10.5 Å². The molecular weight excluding hydrogens is 194 g/mol. The second-order valence-electron chi connectivity index (χ2n) is 3.07. The SMILES string of the molecule is COCCCNc1ccnc(C(N)=O)c1. The van der Waals surface area contributed by atoms with E-state index < -0.39 is 5.91 Å². The van der Waals surface area contributed by atoms with Gasteiger partial charge in [-0.1, -0.05) is 0 Å². The highest BCUT2D eigenvalue weighted by Crippen LogP contribution is 2.07. The summed E-state index contributed by atoms with van der Waals surface area (Å²) in [5.41, 5.74) is 6.22. The number of aromatic nitrogens is 1. The van der Waals surface area contributed by atoms with Crippen molar-refractivity contribution in [2.45, 2.75) is 6.42 Å². The van der Waals surface area contributed by atoms with Crippen molar-refractivity contribution in [1.29, 1.82) is 0 Å². The molecule has 0 radical (unpaired) electrons. The van der Waals surface area contributed by atoms with Crippen LogP contribution in [0.3, 0.4) is 0 Å². The Morgan fingerprint density at radius 1 is 1.67 bits per heavy atom. The molecule has 0 aliphatic rings. The molecule has 1 amide bonds. The van der Waals surface area contributed by atoms with Crippen molar-refractivity contribution < 1.29 is 9.53 Å². The minimum atomic E-state index is -0.518. The number of methoxy groups -OCH3 is 1. The van der Waals surface area contributed by atoms with E-state index in [-0.39, 0.29) is 5.69 Å². The van der Waals surface area contributed by atoms with Crippen molar-refractivity contribution in [3.8, 4) is 0 Å². The van der Waals surface area contributed by atoms with Gasteiger partial charge in [-0.05, 0) is 18.6 Å². The van der Waals surface area contributed by atoms with Crippen molar-refractivity contribution in [2.24, 2.45) is 5.73 Å². The van der Waals surface area contributed by atoms with Crippen LogP contribution in [0.1, 0.15) is 16.9 Å². The molecule has 1 heterocycles. The second kappa shape index (κ2) is 5.98. The molecule has 82 valence electrons. The third kappa shape index (κ3) is 3.95. The molecule has 1 aromatic rings. The van der Waals surface area contributed by atoms with Gasteiger partial charge in [0.05, 0.1) is 0 Å². The smallest absolute Gasteiger partial charge is 0.267 e. The van der Waals surface area contributed by atoms with Crippen LogP contribution in [-0.2, 0) is 4.74 Å². The number of nitrogens with one attached hydrogen (secondary N) is 1. The molecule has 5 nitrogen and oxygen atoms in total. The first-order chi connectivity index (χ1) is 7.24. The Bertz CT molecular complexity index is 328. The number of primary amides is 1. The fourth-order valence-electron chi connectivity index (χ4n) is 1.12. The average molecular weight is 209 g/mol. The zero-order valence-electron chi connectivity index (χ0n) is 8.69. The number of hydrogen-bond donors (Lipinski definition) is 2. The quantitative estimate of drug-likeness (QED) is 0.674. The van der Waals surface area contributed by atoms with Crippen molar-refractivity contribution >= 4 is 11.6 Å². The Morgan fingerprint density at radius 3 is 3.13 bits per heavy atom. The molecule has 0 spiro atoms. The zero-order valence-corrected chi connectivity index (χ0v) is 8.69. The summed E-state index contributed by atoms with van der Waals surface area (Å²) in [6.45, 7) is 1.50. The molecule has 1 aromatic heterocycles. The fraction of sp³-hybridized carbons (Fsp3) is 0.400. The number of pyridine rings is 1. The summed E-state index contributed by atoms with van der Waals surface area (Å²) in [5.74, 6) is -0.518. The van der Waals surface area contributed by atoms with E-state index in [2.05, 4.69) is 10.3 Å². The maximum Gasteiger partial charge on any atom is 0.267 e. The summed E-state index contributed by atoms with van der Waals surface area (Å²) in [7, 11) is 1.66. The lowest BCUT2D eigenvalue weighted by atomic mass is 10.3. The highest BCUT2D eigenvalue weighted by molar-refractivity contribution is 5.91. The van der Waals surface area contributed by atoms with Crippen LogP contribution in [0.5, 0.6) is 0 Å². The van der Waals surface area contributed by atoms with Gasteiger partial charge in [-0.2, -0.15) is 0 Å². The summed E-state index contributed by atoms with van der Waals surface area (Å²) in [5, 5.41) is 3.15. The minimum absolute atomic E-state index is 0.270. The van der Waals surface area contributed by atoms with E-state index in [1.807, 2.05) is 0 Å². The van der Waals surface area contributed by atoms with Gasteiger partial charge in [0.2, 0.25) is 0 Å². The number of ether oxygens (including phenoxy) is 1. The largest absolute Gasteiger partial charge is 0.385 e. The lowest BCUT2D eigenvalue weighted by Gasteiger charge is -2.06. The molecule has 0 unspecified atom stereocenters. The second-order valence-corrected chi connectivity index (χ2v) is 3.07. The molecule has 0 fully saturated rings. The molecule has 15 heavy (non-hydrogen) atoms. The molecule has 0 aliphatic heterocycles. The number of rotatable bonds is 6. The number of hydrogen-bond acceptors (Lipinski definition) is 4. The highest BCUT2D eigenvalue weighted by atomic mass is 16.5. The summed E-state index contributed by atoms with van der Waals surface area (Å²) in [6.07, 6.45) is 2.46. The first kappa shape index (κ1) is 11.5. The zero-order chi connectivity index (χ0) is 11.1. The lowest BCUT2D eigenvalue weighted by molar-refractivity contribution is 0.0995. The third-order valence-electron chi connectivity index (χ3n) is 1.87. The van der Waals surface area contributed by atoms with Crippen molar-refractivity contribution in [2.75, 3.05) is 25.6 Å². The standard InChI is InChI=1S/C10H15N3O2/c1-15-6-2-4-12-8-3-5-13-9(7-8)10(11)14/h3,5,7H,2,4,6H2,1H3,(H2,11,14)(H,12,13). The van der Waals surface area contributed by atoms with Crippen LogP contribution in [-0.4, -0.2) is 31.2 Å². The molecule has 0 aromatic carbocycles. The predicted molar refractivity (Wildman–Crippen MR) is 57.7 cm³/mol.